The highest BCUT2D eigenvalue weighted by molar-refractivity contribution is 9.10. The fourth-order valence-corrected chi connectivity index (χ4v) is 2.52. The van der Waals surface area contributed by atoms with Crippen LogP contribution in [0.4, 0.5) is 0 Å². The fourth-order valence-electron chi connectivity index (χ4n) is 2.10. The standard InChI is InChI=1S/C13H16BrClN2O/c1-8-4-5-17(7-12(8)16)13(18)9-2-3-10(14)11(15)6-9/h2-3,6,8,12H,4-5,7,16H2,1H3. The third-order valence-corrected chi connectivity index (χ3v) is 4.70. The Morgan fingerprint density at radius 2 is 2.28 bits per heavy atom. The van der Waals surface area contributed by atoms with Gasteiger partial charge in [-0.1, -0.05) is 18.5 Å². The Balaban J connectivity index is 2.14. The highest BCUT2D eigenvalue weighted by Gasteiger charge is 2.27. The molecular weight excluding hydrogens is 316 g/mol. The van der Waals surface area contributed by atoms with Crippen molar-refractivity contribution in [3.63, 3.8) is 0 Å². The van der Waals surface area contributed by atoms with Crippen molar-refractivity contribution in [3.05, 3.63) is 33.3 Å². The summed E-state index contributed by atoms with van der Waals surface area (Å²) in [7, 11) is 0. The maximum absolute atomic E-state index is 12.3. The van der Waals surface area contributed by atoms with E-state index in [1.165, 1.54) is 0 Å². The number of likely N-dealkylation sites (tertiary alicyclic amines) is 1. The smallest absolute Gasteiger partial charge is 0.253 e. The molecule has 2 atom stereocenters. The number of amides is 1. The molecule has 2 unspecified atom stereocenters. The van der Waals surface area contributed by atoms with Gasteiger partial charge in [-0.2, -0.15) is 0 Å². The summed E-state index contributed by atoms with van der Waals surface area (Å²) in [6.45, 7) is 3.51. The van der Waals surface area contributed by atoms with Crippen LogP contribution in [-0.4, -0.2) is 29.9 Å². The predicted octanol–water partition coefficient (Wildman–Crippen LogP) is 2.91. The van der Waals surface area contributed by atoms with Crippen LogP contribution in [-0.2, 0) is 0 Å². The van der Waals surface area contributed by atoms with E-state index in [0.717, 1.165) is 17.4 Å². The second kappa shape index (κ2) is 5.59. The highest BCUT2D eigenvalue weighted by atomic mass is 79.9. The minimum Gasteiger partial charge on any atom is -0.337 e. The maximum Gasteiger partial charge on any atom is 0.253 e. The zero-order chi connectivity index (χ0) is 13.3. The number of nitrogens with two attached hydrogens (primary N) is 1. The minimum absolute atomic E-state index is 0.00625. The quantitative estimate of drug-likeness (QED) is 0.860. The number of hydrogen-bond donors (Lipinski definition) is 1. The van der Waals surface area contributed by atoms with Crippen molar-refractivity contribution < 1.29 is 4.79 Å². The molecule has 2 rings (SSSR count). The summed E-state index contributed by atoms with van der Waals surface area (Å²) in [6, 6.07) is 5.33. The molecule has 0 bridgehead atoms. The van der Waals surface area contributed by atoms with Gasteiger partial charge in [-0.3, -0.25) is 4.79 Å². The number of hydrogen-bond acceptors (Lipinski definition) is 2. The number of carbonyl (C=O) groups is 1. The Bertz CT molecular complexity index is 466. The monoisotopic (exact) mass is 330 g/mol. The van der Waals surface area contributed by atoms with Gasteiger partial charge in [-0.15, -0.1) is 0 Å². The largest absolute Gasteiger partial charge is 0.337 e. The summed E-state index contributed by atoms with van der Waals surface area (Å²) in [6.07, 6.45) is 0.956. The summed E-state index contributed by atoms with van der Waals surface area (Å²) in [4.78, 5) is 14.1. The Kier molecular flexibility index (Phi) is 4.30. The zero-order valence-corrected chi connectivity index (χ0v) is 12.5. The van der Waals surface area contributed by atoms with Gasteiger partial charge in [0.2, 0.25) is 0 Å². The SMILES string of the molecule is CC1CCN(C(=O)c2ccc(Br)c(Cl)c2)CC1N. The van der Waals surface area contributed by atoms with Crippen LogP contribution in [0.25, 0.3) is 0 Å². The number of halogens is 2. The number of benzene rings is 1. The minimum atomic E-state index is 0.00625. The molecule has 1 amide bonds. The normalized spacial score (nSPS) is 24.1. The Morgan fingerprint density at radius 3 is 2.89 bits per heavy atom. The molecule has 0 spiro atoms. The first-order valence-electron chi connectivity index (χ1n) is 5.99. The van der Waals surface area contributed by atoms with E-state index in [4.69, 9.17) is 17.3 Å². The summed E-state index contributed by atoms with van der Waals surface area (Å²) >= 11 is 9.32. The average molecular weight is 332 g/mol. The molecule has 1 aromatic carbocycles. The van der Waals surface area contributed by atoms with E-state index >= 15 is 0 Å². The Labute approximate surface area is 120 Å². The van der Waals surface area contributed by atoms with Crippen molar-refractivity contribution in [2.24, 2.45) is 11.7 Å². The molecule has 0 saturated carbocycles. The van der Waals surface area contributed by atoms with Crippen LogP contribution >= 0.6 is 27.5 Å². The topological polar surface area (TPSA) is 46.3 Å². The first kappa shape index (κ1) is 13.8. The summed E-state index contributed by atoms with van der Waals surface area (Å²) < 4.78 is 0.796. The van der Waals surface area contributed by atoms with Gasteiger partial charge in [0.05, 0.1) is 5.02 Å². The van der Waals surface area contributed by atoms with Crippen molar-refractivity contribution in [2.75, 3.05) is 13.1 Å². The molecule has 1 aromatic rings. The van der Waals surface area contributed by atoms with Crippen molar-refractivity contribution in [3.8, 4) is 0 Å². The number of nitrogens with zero attached hydrogens (tertiary/aromatic N) is 1. The lowest BCUT2D eigenvalue weighted by Gasteiger charge is -2.35. The molecule has 0 aromatic heterocycles. The molecule has 18 heavy (non-hydrogen) atoms. The maximum atomic E-state index is 12.3. The first-order valence-corrected chi connectivity index (χ1v) is 7.16. The molecule has 0 radical (unpaired) electrons. The van der Waals surface area contributed by atoms with Crippen LogP contribution in [0.2, 0.25) is 5.02 Å². The lowest BCUT2D eigenvalue weighted by molar-refractivity contribution is 0.0672. The van der Waals surface area contributed by atoms with Crippen molar-refractivity contribution in [1.82, 2.24) is 4.90 Å². The summed E-state index contributed by atoms with van der Waals surface area (Å²) in [5, 5.41) is 0.551. The molecular formula is C13H16BrClN2O. The lowest BCUT2D eigenvalue weighted by Crippen LogP contribution is -2.49. The van der Waals surface area contributed by atoms with Gasteiger partial charge >= 0.3 is 0 Å². The number of rotatable bonds is 1. The van der Waals surface area contributed by atoms with Crippen LogP contribution in [0.1, 0.15) is 23.7 Å². The van der Waals surface area contributed by atoms with E-state index < -0.39 is 0 Å². The second-order valence-electron chi connectivity index (χ2n) is 4.81. The number of carbonyl (C=O) groups excluding carboxylic acids is 1. The molecule has 98 valence electrons. The molecule has 5 heteroatoms. The van der Waals surface area contributed by atoms with Crippen molar-refractivity contribution in [1.29, 1.82) is 0 Å². The fraction of sp³-hybridized carbons (Fsp3) is 0.462. The first-order chi connectivity index (χ1) is 8.49. The highest BCUT2D eigenvalue weighted by Crippen LogP contribution is 2.25. The third kappa shape index (κ3) is 2.87. The molecule has 2 N–H and O–H groups in total. The van der Waals surface area contributed by atoms with Crippen molar-refractivity contribution in [2.45, 2.75) is 19.4 Å². The van der Waals surface area contributed by atoms with E-state index in [-0.39, 0.29) is 11.9 Å². The van der Waals surface area contributed by atoms with Crippen LogP contribution in [0.5, 0.6) is 0 Å². The van der Waals surface area contributed by atoms with Gasteiger partial charge in [0.25, 0.3) is 5.91 Å². The van der Waals surface area contributed by atoms with Gasteiger partial charge in [0.1, 0.15) is 0 Å². The zero-order valence-electron chi connectivity index (χ0n) is 10.2. The predicted molar refractivity (Wildman–Crippen MR) is 76.8 cm³/mol. The molecule has 1 aliphatic heterocycles. The Morgan fingerprint density at radius 1 is 1.56 bits per heavy atom. The van der Waals surface area contributed by atoms with Crippen LogP contribution in [0.3, 0.4) is 0 Å². The Hall–Kier alpha value is -0.580. The molecule has 0 aliphatic carbocycles. The van der Waals surface area contributed by atoms with Gasteiger partial charge in [0, 0.05) is 29.2 Å². The van der Waals surface area contributed by atoms with E-state index in [1.807, 2.05) is 4.90 Å². The van der Waals surface area contributed by atoms with E-state index in [2.05, 4.69) is 22.9 Å². The second-order valence-corrected chi connectivity index (χ2v) is 6.07. The van der Waals surface area contributed by atoms with E-state index in [1.54, 1.807) is 18.2 Å². The van der Waals surface area contributed by atoms with Crippen LogP contribution < -0.4 is 5.73 Å². The lowest BCUT2D eigenvalue weighted by atomic mass is 9.94. The number of piperidine rings is 1. The van der Waals surface area contributed by atoms with E-state index in [0.29, 0.717) is 23.0 Å². The van der Waals surface area contributed by atoms with Crippen LogP contribution in [0.15, 0.2) is 22.7 Å². The van der Waals surface area contributed by atoms with Gasteiger partial charge < -0.3 is 10.6 Å². The molecule has 1 aliphatic rings. The van der Waals surface area contributed by atoms with Crippen molar-refractivity contribution >= 4 is 33.4 Å². The third-order valence-electron chi connectivity index (χ3n) is 3.47. The van der Waals surface area contributed by atoms with Gasteiger partial charge in [0.15, 0.2) is 0 Å². The average Bonchev–Trinajstić information content (AvgIpc) is 2.35. The molecule has 1 fully saturated rings. The summed E-state index contributed by atoms with van der Waals surface area (Å²) in [5.74, 6) is 0.481. The summed E-state index contributed by atoms with van der Waals surface area (Å²) in [5.41, 5.74) is 6.63. The van der Waals surface area contributed by atoms with E-state index in [9.17, 15) is 4.79 Å². The molecule has 3 nitrogen and oxygen atoms in total. The van der Waals surface area contributed by atoms with Crippen LogP contribution in [0, 0.1) is 5.92 Å². The van der Waals surface area contributed by atoms with Gasteiger partial charge in [-0.25, -0.2) is 0 Å². The van der Waals surface area contributed by atoms with Gasteiger partial charge in [-0.05, 0) is 46.5 Å². The molecule has 1 heterocycles. The molecule has 1 saturated heterocycles.